The van der Waals surface area contributed by atoms with Gasteiger partial charge < -0.3 is 5.73 Å². The number of hydrogen-bond donors (Lipinski definition) is 1. The van der Waals surface area contributed by atoms with Crippen LogP contribution >= 0.6 is 11.8 Å². The van der Waals surface area contributed by atoms with Crippen LogP contribution in [0.15, 0.2) is 18.2 Å². The maximum atomic E-state index is 6.31. The molecule has 0 aliphatic carbocycles. The third-order valence-corrected chi connectivity index (χ3v) is 5.34. The van der Waals surface area contributed by atoms with E-state index in [1.807, 2.05) is 11.8 Å². The Morgan fingerprint density at radius 1 is 1.11 bits per heavy atom. The van der Waals surface area contributed by atoms with Gasteiger partial charge in [0.2, 0.25) is 0 Å². The first kappa shape index (κ1) is 16.6. The highest BCUT2D eigenvalue weighted by molar-refractivity contribution is 7.99. The summed E-state index contributed by atoms with van der Waals surface area (Å²) in [7, 11) is 0. The van der Waals surface area contributed by atoms with E-state index in [4.69, 9.17) is 5.73 Å². The van der Waals surface area contributed by atoms with Crippen LogP contribution in [0.3, 0.4) is 0 Å². The number of aryl methyl sites for hydroxylation is 2. The van der Waals surface area contributed by atoms with E-state index in [1.165, 1.54) is 16.7 Å². The fourth-order valence-electron chi connectivity index (χ4n) is 2.57. The lowest BCUT2D eigenvalue weighted by molar-refractivity contribution is 0.350. The fraction of sp³-hybridized carbons (Fsp3) is 0.647. The molecule has 0 bridgehead atoms. The predicted octanol–water partition coefficient (Wildman–Crippen LogP) is 4.69. The van der Waals surface area contributed by atoms with E-state index in [-0.39, 0.29) is 11.5 Å². The maximum Gasteiger partial charge on any atom is 0.0250 e. The molecule has 0 aliphatic rings. The van der Waals surface area contributed by atoms with Gasteiger partial charge in [0, 0.05) is 17.0 Å². The zero-order valence-electron chi connectivity index (χ0n) is 13.3. The molecule has 0 aliphatic heterocycles. The SMILES string of the molecule is CCC(N)C(SCc1cc(C)cc(C)c1)C(C)(C)C. The molecule has 0 spiro atoms. The zero-order chi connectivity index (χ0) is 14.6. The summed E-state index contributed by atoms with van der Waals surface area (Å²) in [6.45, 7) is 13.4. The molecule has 0 saturated heterocycles. The Labute approximate surface area is 123 Å². The molecule has 0 aromatic heterocycles. The third kappa shape index (κ3) is 5.19. The van der Waals surface area contributed by atoms with Crippen LogP contribution in [0, 0.1) is 19.3 Å². The average Bonchev–Trinajstić information content (AvgIpc) is 2.25. The molecule has 2 N–H and O–H groups in total. The van der Waals surface area contributed by atoms with Crippen molar-refractivity contribution in [3.8, 4) is 0 Å². The van der Waals surface area contributed by atoms with Gasteiger partial charge in [-0.1, -0.05) is 57.0 Å². The van der Waals surface area contributed by atoms with E-state index < -0.39 is 0 Å². The van der Waals surface area contributed by atoms with Crippen LogP contribution in [-0.2, 0) is 5.75 Å². The van der Waals surface area contributed by atoms with E-state index in [9.17, 15) is 0 Å². The van der Waals surface area contributed by atoms with Crippen LogP contribution in [-0.4, -0.2) is 11.3 Å². The third-order valence-electron chi connectivity index (χ3n) is 3.42. The molecule has 0 radical (unpaired) electrons. The van der Waals surface area contributed by atoms with Gasteiger partial charge in [-0.2, -0.15) is 11.8 Å². The highest BCUT2D eigenvalue weighted by Gasteiger charge is 2.29. The molecule has 1 rings (SSSR count). The number of nitrogens with two attached hydrogens (primary N) is 1. The standard InChI is InChI=1S/C17H29NS/c1-7-15(18)16(17(4,5)6)19-11-14-9-12(2)8-13(3)10-14/h8-10,15-16H,7,11,18H2,1-6H3. The smallest absolute Gasteiger partial charge is 0.0250 e. The molecule has 19 heavy (non-hydrogen) atoms. The van der Waals surface area contributed by atoms with Crippen LogP contribution < -0.4 is 5.73 Å². The summed E-state index contributed by atoms with van der Waals surface area (Å²) < 4.78 is 0. The minimum Gasteiger partial charge on any atom is -0.327 e. The van der Waals surface area contributed by atoms with Crippen molar-refractivity contribution in [2.75, 3.05) is 0 Å². The molecule has 0 fully saturated rings. The topological polar surface area (TPSA) is 26.0 Å². The Morgan fingerprint density at radius 3 is 2.05 bits per heavy atom. The fourth-order valence-corrected chi connectivity index (χ4v) is 4.05. The zero-order valence-corrected chi connectivity index (χ0v) is 14.1. The molecule has 2 heteroatoms. The summed E-state index contributed by atoms with van der Waals surface area (Å²) in [6.07, 6.45) is 1.04. The summed E-state index contributed by atoms with van der Waals surface area (Å²) in [6, 6.07) is 7.08. The maximum absolute atomic E-state index is 6.31. The molecule has 1 nitrogen and oxygen atoms in total. The molecule has 0 heterocycles. The van der Waals surface area contributed by atoms with Gasteiger partial charge in [-0.25, -0.2) is 0 Å². The van der Waals surface area contributed by atoms with Gasteiger partial charge in [0.15, 0.2) is 0 Å². The number of hydrogen-bond acceptors (Lipinski definition) is 2. The Hall–Kier alpha value is -0.470. The molecular weight excluding hydrogens is 250 g/mol. The first-order chi connectivity index (χ1) is 8.74. The highest BCUT2D eigenvalue weighted by Crippen LogP contribution is 2.35. The number of benzene rings is 1. The van der Waals surface area contributed by atoms with Crippen molar-refractivity contribution in [2.24, 2.45) is 11.1 Å². The van der Waals surface area contributed by atoms with Crippen molar-refractivity contribution >= 4 is 11.8 Å². The van der Waals surface area contributed by atoms with E-state index >= 15 is 0 Å². The second-order valence-corrected chi connectivity index (χ2v) is 7.80. The van der Waals surface area contributed by atoms with Gasteiger partial charge in [0.25, 0.3) is 0 Å². The van der Waals surface area contributed by atoms with Crippen LogP contribution in [0.2, 0.25) is 0 Å². The van der Waals surface area contributed by atoms with Gasteiger partial charge in [0.05, 0.1) is 0 Å². The van der Waals surface area contributed by atoms with Gasteiger partial charge in [0.1, 0.15) is 0 Å². The molecule has 0 amide bonds. The average molecular weight is 279 g/mol. The Kier molecular flexibility index (Phi) is 5.94. The minimum atomic E-state index is 0.249. The second-order valence-electron chi connectivity index (χ2n) is 6.67. The van der Waals surface area contributed by atoms with Crippen LogP contribution in [0.4, 0.5) is 0 Å². The van der Waals surface area contributed by atoms with E-state index in [0.717, 1.165) is 12.2 Å². The lowest BCUT2D eigenvalue weighted by Gasteiger charge is -2.34. The van der Waals surface area contributed by atoms with Gasteiger partial charge >= 0.3 is 0 Å². The lowest BCUT2D eigenvalue weighted by atomic mass is 9.87. The first-order valence-electron chi connectivity index (χ1n) is 7.18. The van der Waals surface area contributed by atoms with Gasteiger partial charge in [-0.05, 0) is 31.2 Å². The van der Waals surface area contributed by atoms with Crippen LogP contribution in [0.1, 0.15) is 50.8 Å². The summed E-state index contributed by atoms with van der Waals surface area (Å²) in [5.41, 5.74) is 10.7. The molecule has 0 saturated carbocycles. The molecule has 108 valence electrons. The molecule has 2 atom stereocenters. The van der Waals surface area contributed by atoms with Crippen LogP contribution in [0.5, 0.6) is 0 Å². The summed E-state index contributed by atoms with van der Waals surface area (Å²) in [4.78, 5) is 0. The molecule has 1 aromatic rings. The molecule has 2 unspecified atom stereocenters. The monoisotopic (exact) mass is 279 g/mol. The lowest BCUT2D eigenvalue weighted by Crippen LogP contribution is -2.40. The van der Waals surface area contributed by atoms with E-state index in [2.05, 4.69) is 59.7 Å². The number of thioether (sulfide) groups is 1. The molecule has 1 aromatic carbocycles. The Balaban J connectivity index is 2.76. The summed E-state index contributed by atoms with van der Waals surface area (Å²) in [5, 5.41) is 0.498. The quantitative estimate of drug-likeness (QED) is 0.846. The highest BCUT2D eigenvalue weighted by atomic mass is 32.2. The summed E-state index contributed by atoms with van der Waals surface area (Å²) >= 11 is 2.01. The van der Waals surface area contributed by atoms with Crippen molar-refractivity contribution < 1.29 is 0 Å². The normalized spacial score (nSPS) is 15.3. The van der Waals surface area contributed by atoms with Crippen molar-refractivity contribution in [1.82, 2.24) is 0 Å². The molecular formula is C17H29NS. The van der Waals surface area contributed by atoms with E-state index in [0.29, 0.717) is 5.25 Å². The second kappa shape index (κ2) is 6.81. The van der Waals surface area contributed by atoms with Crippen molar-refractivity contribution in [1.29, 1.82) is 0 Å². The van der Waals surface area contributed by atoms with Gasteiger partial charge in [-0.3, -0.25) is 0 Å². The van der Waals surface area contributed by atoms with Crippen molar-refractivity contribution in [3.63, 3.8) is 0 Å². The largest absolute Gasteiger partial charge is 0.327 e. The predicted molar refractivity (Wildman–Crippen MR) is 88.7 cm³/mol. The van der Waals surface area contributed by atoms with Crippen molar-refractivity contribution in [2.45, 2.75) is 65.0 Å². The first-order valence-corrected chi connectivity index (χ1v) is 8.23. The van der Waals surface area contributed by atoms with Crippen LogP contribution in [0.25, 0.3) is 0 Å². The Bertz CT molecular complexity index is 386. The van der Waals surface area contributed by atoms with Gasteiger partial charge in [-0.15, -0.1) is 0 Å². The van der Waals surface area contributed by atoms with E-state index in [1.54, 1.807) is 0 Å². The minimum absolute atomic E-state index is 0.249. The van der Waals surface area contributed by atoms with Crippen molar-refractivity contribution in [3.05, 3.63) is 34.9 Å². The number of rotatable bonds is 5. The Morgan fingerprint density at radius 2 is 1.63 bits per heavy atom. The summed E-state index contributed by atoms with van der Waals surface area (Å²) in [5.74, 6) is 1.05.